The third-order valence-corrected chi connectivity index (χ3v) is 5.23. The summed E-state index contributed by atoms with van der Waals surface area (Å²) in [5.74, 6) is 2.31. The molecule has 1 saturated carbocycles. The lowest BCUT2D eigenvalue weighted by Gasteiger charge is -2.26. The molecular weight excluding hydrogens is 352 g/mol. The largest absolute Gasteiger partial charge is 0.461 e. The molecule has 1 N–H and O–H groups in total. The van der Waals surface area contributed by atoms with Crippen molar-refractivity contribution in [1.29, 1.82) is 0 Å². The fraction of sp³-hybridized carbons (Fsp3) is 0.478. The third-order valence-electron chi connectivity index (χ3n) is 5.23. The molecule has 1 aromatic carbocycles. The number of furan rings is 1. The average molecular weight is 380 g/mol. The van der Waals surface area contributed by atoms with E-state index in [2.05, 4.69) is 5.32 Å². The van der Waals surface area contributed by atoms with Gasteiger partial charge in [-0.3, -0.25) is 9.59 Å². The van der Waals surface area contributed by atoms with Crippen LogP contribution in [0.4, 0.5) is 5.69 Å². The van der Waals surface area contributed by atoms with Crippen LogP contribution < -0.4 is 5.32 Å². The van der Waals surface area contributed by atoms with Crippen molar-refractivity contribution in [3.05, 3.63) is 41.7 Å². The molecule has 148 valence electrons. The van der Waals surface area contributed by atoms with Crippen molar-refractivity contribution in [3.63, 3.8) is 0 Å². The lowest BCUT2D eigenvalue weighted by atomic mass is 9.92. The van der Waals surface area contributed by atoms with Crippen LogP contribution in [0.2, 0.25) is 0 Å². The highest BCUT2D eigenvalue weighted by Crippen LogP contribution is 2.35. The molecule has 5 nitrogen and oxygen atoms in total. The third kappa shape index (κ3) is 4.29. The molecule has 0 saturated heterocycles. The van der Waals surface area contributed by atoms with E-state index in [1.165, 1.54) is 0 Å². The summed E-state index contributed by atoms with van der Waals surface area (Å²) in [4.78, 5) is 26.5. The molecule has 28 heavy (non-hydrogen) atoms. The maximum atomic E-state index is 12.3. The molecular formula is C23H28N2O3. The molecule has 2 aliphatic rings. The molecule has 4 rings (SSSR count). The molecule has 0 unspecified atom stereocenters. The van der Waals surface area contributed by atoms with Gasteiger partial charge in [-0.2, -0.15) is 0 Å². The summed E-state index contributed by atoms with van der Waals surface area (Å²) in [5, 5.41) is 2.98. The molecule has 1 aromatic heterocycles. The lowest BCUT2D eigenvalue weighted by Crippen LogP contribution is -2.36. The highest BCUT2D eigenvalue weighted by atomic mass is 16.3. The van der Waals surface area contributed by atoms with Gasteiger partial charge in [0.05, 0.1) is 0 Å². The van der Waals surface area contributed by atoms with Gasteiger partial charge in [0, 0.05) is 48.7 Å². The lowest BCUT2D eigenvalue weighted by molar-refractivity contribution is -0.133. The second kappa shape index (κ2) is 7.12. The van der Waals surface area contributed by atoms with Crippen LogP contribution in [0.1, 0.15) is 51.4 Å². The SMILES string of the molecule is CC(C)(C)CC(=O)Nc1cccc(-c2cc3c(o2)CCN(C(=O)C2CC2)C3)c1. The number of fused-ring (bicyclic) bond motifs is 1. The van der Waals surface area contributed by atoms with Crippen LogP contribution in [-0.2, 0) is 22.6 Å². The van der Waals surface area contributed by atoms with Crippen molar-refractivity contribution in [3.8, 4) is 11.3 Å². The predicted molar refractivity (Wildman–Crippen MR) is 109 cm³/mol. The Bertz CT molecular complexity index is 903. The van der Waals surface area contributed by atoms with E-state index in [1.54, 1.807) is 0 Å². The summed E-state index contributed by atoms with van der Waals surface area (Å²) in [6.45, 7) is 7.52. The minimum absolute atomic E-state index is 0.0117. The number of rotatable bonds is 4. The minimum Gasteiger partial charge on any atom is -0.461 e. The van der Waals surface area contributed by atoms with E-state index in [9.17, 15) is 9.59 Å². The first-order chi connectivity index (χ1) is 13.3. The molecule has 2 amide bonds. The normalized spacial score (nSPS) is 16.6. The quantitative estimate of drug-likeness (QED) is 0.842. The maximum Gasteiger partial charge on any atom is 0.225 e. The number of nitrogens with zero attached hydrogens (tertiary/aromatic N) is 1. The first kappa shape index (κ1) is 18.8. The van der Waals surface area contributed by atoms with Crippen LogP contribution in [0.3, 0.4) is 0 Å². The Hall–Kier alpha value is -2.56. The van der Waals surface area contributed by atoms with Crippen LogP contribution in [-0.4, -0.2) is 23.3 Å². The highest BCUT2D eigenvalue weighted by molar-refractivity contribution is 5.91. The van der Waals surface area contributed by atoms with Crippen molar-refractivity contribution in [2.24, 2.45) is 11.3 Å². The summed E-state index contributed by atoms with van der Waals surface area (Å²) in [6.07, 6.45) is 3.30. The van der Waals surface area contributed by atoms with Gasteiger partial charge in [-0.15, -0.1) is 0 Å². The second-order valence-corrected chi connectivity index (χ2v) is 9.21. The van der Waals surface area contributed by atoms with Crippen LogP contribution in [0.5, 0.6) is 0 Å². The number of benzene rings is 1. The van der Waals surface area contributed by atoms with Crippen molar-refractivity contribution >= 4 is 17.5 Å². The molecule has 5 heteroatoms. The van der Waals surface area contributed by atoms with Gasteiger partial charge in [0.25, 0.3) is 0 Å². The Morgan fingerprint density at radius 3 is 2.71 bits per heavy atom. The molecule has 2 heterocycles. The number of carbonyl (C=O) groups excluding carboxylic acids is 2. The van der Waals surface area contributed by atoms with Crippen LogP contribution >= 0.6 is 0 Å². The van der Waals surface area contributed by atoms with Gasteiger partial charge in [0.15, 0.2) is 0 Å². The second-order valence-electron chi connectivity index (χ2n) is 9.21. The van der Waals surface area contributed by atoms with Gasteiger partial charge < -0.3 is 14.6 Å². The minimum atomic E-state index is -0.0501. The van der Waals surface area contributed by atoms with Gasteiger partial charge in [0.1, 0.15) is 11.5 Å². The number of carbonyl (C=O) groups is 2. The number of amides is 2. The average Bonchev–Trinajstić information content (AvgIpc) is 3.38. The first-order valence-electron chi connectivity index (χ1n) is 10.1. The molecule has 1 aliphatic heterocycles. The van der Waals surface area contributed by atoms with E-state index in [0.717, 1.165) is 54.1 Å². The van der Waals surface area contributed by atoms with Crippen molar-refractivity contribution < 1.29 is 14.0 Å². The smallest absolute Gasteiger partial charge is 0.225 e. The summed E-state index contributed by atoms with van der Waals surface area (Å²) >= 11 is 0. The standard InChI is InChI=1S/C23H28N2O3/c1-23(2,3)13-21(26)24-18-6-4-5-16(11-18)20-12-17-14-25(10-9-19(17)28-20)22(27)15-7-8-15/h4-6,11-12,15H,7-10,13-14H2,1-3H3,(H,24,26). The topological polar surface area (TPSA) is 62.6 Å². The Morgan fingerprint density at radius 2 is 2.00 bits per heavy atom. The van der Waals surface area contributed by atoms with Gasteiger partial charge in [-0.25, -0.2) is 0 Å². The van der Waals surface area contributed by atoms with Gasteiger partial charge >= 0.3 is 0 Å². The van der Waals surface area contributed by atoms with Crippen LogP contribution in [0.15, 0.2) is 34.7 Å². The molecule has 0 radical (unpaired) electrons. The molecule has 1 aliphatic carbocycles. The van der Waals surface area contributed by atoms with Gasteiger partial charge in [-0.1, -0.05) is 32.9 Å². The highest BCUT2D eigenvalue weighted by Gasteiger charge is 2.35. The van der Waals surface area contributed by atoms with E-state index in [-0.39, 0.29) is 23.1 Å². The van der Waals surface area contributed by atoms with Crippen LogP contribution in [0.25, 0.3) is 11.3 Å². The number of hydrogen-bond donors (Lipinski definition) is 1. The fourth-order valence-electron chi connectivity index (χ4n) is 3.69. The molecule has 1 fully saturated rings. The Labute approximate surface area is 166 Å². The van der Waals surface area contributed by atoms with E-state index >= 15 is 0 Å². The summed E-state index contributed by atoms with van der Waals surface area (Å²) in [5.41, 5.74) is 2.75. The fourth-order valence-corrected chi connectivity index (χ4v) is 3.69. The zero-order valence-electron chi connectivity index (χ0n) is 16.9. The predicted octanol–water partition coefficient (Wildman–Crippen LogP) is 4.62. The van der Waals surface area contributed by atoms with Crippen molar-refractivity contribution in [1.82, 2.24) is 4.90 Å². The van der Waals surface area contributed by atoms with Crippen LogP contribution in [0, 0.1) is 11.3 Å². The maximum absolute atomic E-state index is 12.3. The first-order valence-corrected chi connectivity index (χ1v) is 10.1. The Balaban J connectivity index is 1.48. The monoisotopic (exact) mass is 380 g/mol. The number of hydrogen-bond acceptors (Lipinski definition) is 3. The molecule has 0 atom stereocenters. The Morgan fingerprint density at radius 1 is 1.21 bits per heavy atom. The van der Waals surface area contributed by atoms with E-state index in [0.29, 0.717) is 13.0 Å². The Kier molecular flexibility index (Phi) is 4.77. The summed E-state index contributed by atoms with van der Waals surface area (Å²) in [6, 6.07) is 9.78. The molecule has 0 bridgehead atoms. The van der Waals surface area contributed by atoms with E-state index in [4.69, 9.17) is 4.42 Å². The van der Waals surface area contributed by atoms with E-state index in [1.807, 2.05) is 56.0 Å². The molecule has 2 aromatic rings. The van der Waals surface area contributed by atoms with Gasteiger partial charge in [-0.05, 0) is 36.5 Å². The number of anilines is 1. The zero-order valence-corrected chi connectivity index (χ0v) is 16.9. The van der Waals surface area contributed by atoms with Crippen molar-refractivity contribution in [2.75, 3.05) is 11.9 Å². The summed E-state index contributed by atoms with van der Waals surface area (Å²) < 4.78 is 6.09. The number of nitrogens with one attached hydrogen (secondary N) is 1. The molecule has 0 spiro atoms. The summed E-state index contributed by atoms with van der Waals surface area (Å²) in [7, 11) is 0. The van der Waals surface area contributed by atoms with E-state index < -0.39 is 0 Å². The van der Waals surface area contributed by atoms with Crippen molar-refractivity contribution in [2.45, 2.75) is 53.0 Å². The van der Waals surface area contributed by atoms with Gasteiger partial charge in [0.2, 0.25) is 11.8 Å². The zero-order chi connectivity index (χ0) is 19.9.